The summed E-state index contributed by atoms with van der Waals surface area (Å²) in [5.74, 6) is -0.188. The molecule has 136 valence electrons. The molecule has 1 amide bonds. The molecule has 2 N–H and O–H groups in total. The normalized spacial score (nSPS) is 11.5. The summed E-state index contributed by atoms with van der Waals surface area (Å²) in [6.45, 7) is 6.65. The van der Waals surface area contributed by atoms with Crippen LogP contribution in [0.3, 0.4) is 0 Å². The van der Waals surface area contributed by atoms with Crippen molar-refractivity contribution in [3.05, 3.63) is 76.7 Å². The van der Waals surface area contributed by atoms with Crippen molar-refractivity contribution >= 4 is 17.9 Å². The molecular formula is C21H25N3O2. The maximum atomic E-state index is 12.2. The lowest BCUT2D eigenvalue weighted by atomic mass is 10.1. The zero-order valence-electron chi connectivity index (χ0n) is 15.7. The Morgan fingerprint density at radius 1 is 1.08 bits per heavy atom. The predicted molar refractivity (Wildman–Crippen MR) is 106 cm³/mol. The topological polar surface area (TPSA) is 62.7 Å². The van der Waals surface area contributed by atoms with Crippen molar-refractivity contribution in [2.75, 3.05) is 12.4 Å². The molecule has 0 fully saturated rings. The molecule has 5 heteroatoms. The molecule has 0 saturated carbocycles. The zero-order valence-corrected chi connectivity index (χ0v) is 15.7. The van der Waals surface area contributed by atoms with Crippen molar-refractivity contribution in [1.29, 1.82) is 0 Å². The summed E-state index contributed by atoms with van der Waals surface area (Å²) in [4.78, 5) is 16.4. The predicted octanol–water partition coefficient (Wildman–Crippen LogP) is 3.86. The van der Waals surface area contributed by atoms with Crippen LogP contribution >= 0.6 is 0 Å². The van der Waals surface area contributed by atoms with Gasteiger partial charge in [0.05, 0.1) is 20.0 Å². The van der Waals surface area contributed by atoms with Crippen LogP contribution < -0.4 is 10.6 Å². The molecule has 0 bridgehead atoms. The van der Waals surface area contributed by atoms with Crippen LogP contribution in [0.15, 0.2) is 59.4 Å². The number of nitrogens with zero attached hydrogens (tertiary/aromatic N) is 1. The van der Waals surface area contributed by atoms with Gasteiger partial charge in [-0.2, -0.15) is 0 Å². The number of nitrogens with one attached hydrogen (secondary N) is 2. The van der Waals surface area contributed by atoms with Crippen LogP contribution in [0.5, 0.6) is 0 Å². The van der Waals surface area contributed by atoms with Crippen LogP contribution in [0.25, 0.3) is 0 Å². The largest absolute Gasteiger partial charge is 0.490 e. The van der Waals surface area contributed by atoms with Gasteiger partial charge in [0.25, 0.3) is 5.91 Å². The highest BCUT2D eigenvalue weighted by atomic mass is 16.5. The van der Waals surface area contributed by atoms with E-state index in [1.807, 2.05) is 43.3 Å². The lowest BCUT2D eigenvalue weighted by molar-refractivity contribution is -0.118. The Balaban J connectivity index is 1.95. The van der Waals surface area contributed by atoms with Gasteiger partial charge in [0.15, 0.2) is 5.76 Å². The first-order valence-electron chi connectivity index (χ1n) is 8.43. The van der Waals surface area contributed by atoms with Gasteiger partial charge in [-0.3, -0.25) is 9.79 Å². The Bertz CT molecular complexity index is 812. The van der Waals surface area contributed by atoms with Gasteiger partial charge in [-0.25, -0.2) is 0 Å². The number of carbonyl (C=O) groups is 1. The second-order valence-corrected chi connectivity index (χ2v) is 6.04. The second-order valence-electron chi connectivity index (χ2n) is 6.04. The van der Waals surface area contributed by atoms with E-state index < -0.39 is 0 Å². The Hall–Kier alpha value is -3.08. The number of rotatable bonds is 7. The van der Waals surface area contributed by atoms with Crippen LogP contribution in [-0.4, -0.2) is 19.4 Å². The van der Waals surface area contributed by atoms with Gasteiger partial charge in [-0.1, -0.05) is 36.4 Å². The van der Waals surface area contributed by atoms with Crippen LogP contribution in [-0.2, 0) is 16.1 Å². The average Bonchev–Trinajstić information content (AvgIpc) is 2.64. The maximum Gasteiger partial charge on any atom is 0.292 e. The van der Waals surface area contributed by atoms with Gasteiger partial charge in [-0.15, -0.1) is 0 Å². The van der Waals surface area contributed by atoms with Gasteiger partial charge < -0.3 is 15.4 Å². The minimum Gasteiger partial charge on any atom is -0.490 e. The monoisotopic (exact) mass is 351 g/mol. The Labute approximate surface area is 154 Å². The Kier molecular flexibility index (Phi) is 6.97. The molecule has 2 rings (SSSR count). The molecule has 5 nitrogen and oxygen atoms in total. The van der Waals surface area contributed by atoms with E-state index in [1.54, 1.807) is 6.20 Å². The average molecular weight is 351 g/mol. The van der Waals surface area contributed by atoms with E-state index in [2.05, 4.69) is 35.5 Å². The molecule has 0 aliphatic rings. The molecule has 0 aromatic heterocycles. The van der Waals surface area contributed by atoms with E-state index >= 15 is 0 Å². The van der Waals surface area contributed by atoms with Gasteiger partial charge in [0.2, 0.25) is 0 Å². The molecule has 0 aliphatic heterocycles. The van der Waals surface area contributed by atoms with Crippen molar-refractivity contribution in [3.8, 4) is 0 Å². The molecular weight excluding hydrogens is 326 g/mol. The van der Waals surface area contributed by atoms with Gasteiger partial charge in [-0.05, 0) is 49.1 Å². The number of hydrogen-bond donors (Lipinski definition) is 2. The third-order valence-electron chi connectivity index (χ3n) is 4.05. The smallest absolute Gasteiger partial charge is 0.292 e. The van der Waals surface area contributed by atoms with Crippen LogP contribution in [0.2, 0.25) is 0 Å². The van der Waals surface area contributed by atoms with Crippen molar-refractivity contribution < 1.29 is 9.53 Å². The number of methoxy groups -OCH3 is 1. The summed E-state index contributed by atoms with van der Waals surface area (Å²) in [5.41, 5.74) is 5.53. The van der Waals surface area contributed by atoms with Crippen LogP contribution in [0.4, 0.5) is 5.69 Å². The summed E-state index contributed by atoms with van der Waals surface area (Å²) in [7, 11) is 1.46. The quantitative estimate of drug-likeness (QED) is 0.345. The van der Waals surface area contributed by atoms with E-state index in [1.165, 1.54) is 24.6 Å². The van der Waals surface area contributed by atoms with E-state index in [0.29, 0.717) is 6.54 Å². The number of hydrogen-bond acceptors (Lipinski definition) is 4. The molecule has 0 aliphatic carbocycles. The summed E-state index contributed by atoms with van der Waals surface area (Å²) in [5, 5.41) is 5.75. The van der Waals surface area contributed by atoms with Crippen molar-refractivity contribution in [2.45, 2.75) is 27.3 Å². The maximum absolute atomic E-state index is 12.2. The molecule has 26 heavy (non-hydrogen) atoms. The fraction of sp³-hybridized carbons (Fsp3) is 0.238. The van der Waals surface area contributed by atoms with Crippen molar-refractivity contribution in [2.24, 2.45) is 4.99 Å². The van der Waals surface area contributed by atoms with E-state index in [-0.39, 0.29) is 11.7 Å². The van der Waals surface area contributed by atoms with E-state index in [4.69, 9.17) is 4.74 Å². The number of aliphatic imine (C=N–C) groups is 1. The minimum atomic E-state index is -0.363. The number of anilines is 1. The number of ether oxygens (including phenoxy) is 1. The summed E-state index contributed by atoms with van der Waals surface area (Å²) >= 11 is 0. The van der Waals surface area contributed by atoms with Crippen LogP contribution in [0.1, 0.15) is 22.3 Å². The van der Waals surface area contributed by atoms with Crippen molar-refractivity contribution in [3.63, 3.8) is 0 Å². The summed E-state index contributed by atoms with van der Waals surface area (Å²) < 4.78 is 5.17. The highest BCUT2D eigenvalue weighted by molar-refractivity contribution is 5.98. The zero-order chi connectivity index (χ0) is 18.9. The van der Waals surface area contributed by atoms with Gasteiger partial charge in [0, 0.05) is 11.9 Å². The number of aryl methyl sites for hydroxylation is 3. The van der Waals surface area contributed by atoms with Gasteiger partial charge in [0.1, 0.15) is 0 Å². The lowest BCUT2D eigenvalue weighted by Crippen LogP contribution is -2.24. The summed E-state index contributed by atoms with van der Waals surface area (Å²) in [6, 6.07) is 14.0. The highest BCUT2D eigenvalue weighted by Crippen LogP contribution is 2.20. The molecule has 0 saturated heterocycles. The Morgan fingerprint density at radius 2 is 1.77 bits per heavy atom. The first kappa shape index (κ1) is 19.2. The third kappa shape index (κ3) is 5.48. The second kappa shape index (κ2) is 9.42. The SMILES string of the molecule is CO/C(=C/Nc1cc(C)c(C)cc1C)C(=O)NC=NCc1ccccc1. The molecule has 0 unspecified atom stereocenters. The lowest BCUT2D eigenvalue weighted by Gasteiger charge is -2.11. The standard InChI is InChI=1S/C21H25N3O2/c1-15-10-17(3)19(11-16(15)2)23-13-20(26-4)21(25)24-14-22-12-18-8-6-5-7-9-18/h5-11,13-14,23H,12H2,1-4H3,(H,22,24,25)/b20-13+. The molecule has 0 spiro atoms. The first-order valence-corrected chi connectivity index (χ1v) is 8.43. The van der Waals surface area contributed by atoms with E-state index in [9.17, 15) is 4.79 Å². The highest BCUT2D eigenvalue weighted by Gasteiger charge is 2.08. The molecule has 0 radical (unpaired) electrons. The van der Waals surface area contributed by atoms with Crippen LogP contribution in [0, 0.1) is 20.8 Å². The minimum absolute atomic E-state index is 0.175. The first-order chi connectivity index (χ1) is 12.5. The molecule has 0 heterocycles. The Morgan fingerprint density at radius 3 is 2.46 bits per heavy atom. The fourth-order valence-electron chi connectivity index (χ4n) is 2.39. The number of benzene rings is 2. The summed E-state index contributed by atoms with van der Waals surface area (Å²) in [6.07, 6.45) is 2.95. The molecule has 2 aromatic rings. The van der Waals surface area contributed by atoms with Crippen molar-refractivity contribution in [1.82, 2.24) is 5.32 Å². The van der Waals surface area contributed by atoms with Gasteiger partial charge >= 0.3 is 0 Å². The van der Waals surface area contributed by atoms with E-state index in [0.717, 1.165) is 16.8 Å². The third-order valence-corrected chi connectivity index (χ3v) is 4.05. The number of amides is 1. The molecule has 2 aromatic carbocycles. The number of carbonyl (C=O) groups excluding carboxylic acids is 1. The fourth-order valence-corrected chi connectivity index (χ4v) is 2.39. The molecule has 0 atom stereocenters.